The lowest BCUT2D eigenvalue weighted by Gasteiger charge is -2.25. The molecular weight excluding hydrogens is 540 g/mol. The van der Waals surface area contributed by atoms with Gasteiger partial charge in [-0.2, -0.15) is 0 Å². The number of nitrogens with two attached hydrogens (primary N) is 1. The van der Waals surface area contributed by atoms with Crippen LogP contribution in [-0.2, 0) is 43.2 Å². The normalized spacial score (nSPS) is 13.5. The Morgan fingerprint density at radius 3 is 1.24 bits per heavy atom. The highest BCUT2D eigenvalue weighted by atomic mass is 16.4. The van der Waals surface area contributed by atoms with Crippen LogP contribution in [0.2, 0.25) is 0 Å². The topological polar surface area (TPSA) is 188 Å². The van der Waals surface area contributed by atoms with Crippen molar-refractivity contribution in [3.05, 3.63) is 108 Å². The van der Waals surface area contributed by atoms with Gasteiger partial charge in [0.25, 0.3) is 0 Å². The lowest BCUT2D eigenvalue weighted by atomic mass is 10.0. The van der Waals surface area contributed by atoms with Crippen LogP contribution in [-0.4, -0.2) is 64.0 Å². The van der Waals surface area contributed by atoms with Crippen LogP contribution in [0.25, 0.3) is 0 Å². The van der Waals surface area contributed by atoms with Crippen molar-refractivity contribution in [3.63, 3.8) is 0 Å². The van der Waals surface area contributed by atoms with E-state index in [1.807, 2.05) is 0 Å². The van der Waals surface area contributed by atoms with E-state index in [9.17, 15) is 29.1 Å². The molecule has 220 valence electrons. The number of carbonyl (C=O) groups excluding carboxylic acids is 3. The van der Waals surface area contributed by atoms with Crippen LogP contribution >= 0.6 is 0 Å². The number of carboxylic acids is 2. The highest BCUT2D eigenvalue weighted by molar-refractivity contribution is 5.95. The van der Waals surface area contributed by atoms with E-state index in [0.717, 1.165) is 0 Å². The summed E-state index contributed by atoms with van der Waals surface area (Å²) in [6.45, 7) is 0. The van der Waals surface area contributed by atoms with Gasteiger partial charge < -0.3 is 31.9 Å². The summed E-state index contributed by atoms with van der Waals surface area (Å²) >= 11 is 0. The molecule has 7 N–H and O–H groups in total. The zero-order chi connectivity index (χ0) is 30.5. The van der Waals surface area contributed by atoms with Crippen LogP contribution in [0.15, 0.2) is 91.0 Å². The van der Waals surface area contributed by atoms with Gasteiger partial charge in [0.2, 0.25) is 17.7 Å². The monoisotopic (exact) mass is 574 g/mol. The van der Waals surface area contributed by atoms with Crippen molar-refractivity contribution in [3.8, 4) is 0 Å². The number of hydrogen-bond donors (Lipinski definition) is 6. The molecule has 42 heavy (non-hydrogen) atoms. The van der Waals surface area contributed by atoms with E-state index in [2.05, 4.69) is 16.0 Å². The molecule has 3 amide bonds. The third kappa shape index (κ3) is 10.2. The summed E-state index contributed by atoms with van der Waals surface area (Å²) in [6, 6.07) is 21.4. The molecule has 0 aliphatic carbocycles. The summed E-state index contributed by atoms with van der Waals surface area (Å²) in [5, 5.41) is 26.5. The van der Waals surface area contributed by atoms with Crippen molar-refractivity contribution in [2.45, 2.75) is 49.9 Å². The van der Waals surface area contributed by atoms with Crippen molar-refractivity contribution < 1.29 is 34.2 Å². The Morgan fingerprint density at radius 1 is 0.548 bits per heavy atom. The zero-order valence-corrected chi connectivity index (χ0v) is 22.8. The third-order valence-corrected chi connectivity index (χ3v) is 6.46. The van der Waals surface area contributed by atoms with Crippen LogP contribution in [0.3, 0.4) is 0 Å². The summed E-state index contributed by atoms with van der Waals surface area (Å²) in [5.74, 6) is -4.79. The molecule has 0 spiro atoms. The minimum absolute atomic E-state index is 0.0298. The largest absolute Gasteiger partial charge is 0.481 e. The van der Waals surface area contributed by atoms with Gasteiger partial charge in [0, 0.05) is 19.3 Å². The molecule has 11 nitrogen and oxygen atoms in total. The first-order chi connectivity index (χ1) is 20.1. The van der Waals surface area contributed by atoms with Gasteiger partial charge in [0.05, 0.1) is 12.5 Å². The van der Waals surface area contributed by atoms with Crippen LogP contribution in [0.1, 0.15) is 23.1 Å². The minimum atomic E-state index is -1.40. The Balaban J connectivity index is 1.83. The van der Waals surface area contributed by atoms with Gasteiger partial charge in [0.15, 0.2) is 0 Å². The quantitative estimate of drug-likeness (QED) is 0.155. The molecule has 0 heterocycles. The SMILES string of the molecule is NC(CC(=O)O)C(=O)NC(Cc1ccccc1)C(=O)NC(Cc1ccccc1)C(=O)NC(Cc1ccccc1)C(=O)O. The zero-order valence-electron chi connectivity index (χ0n) is 22.8. The molecule has 0 aliphatic rings. The number of carboxylic acid groups (broad SMARTS) is 2. The van der Waals surface area contributed by atoms with Gasteiger partial charge in [-0.15, -0.1) is 0 Å². The third-order valence-electron chi connectivity index (χ3n) is 6.46. The Kier molecular flexibility index (Phi) is 11.8. The first-order valence-corrected chi connectivity index (χ1v) is 13.4. The van der Waals surface area contributed by atoms with Crippen molar-refractivity contribution >= 4 is 29.7 Å². The van der Waals surface area contributed by atoms with E-state index >= 15 is 0 Å². The Hall–Kier alpha value is -5.03. The summed E-state index contributed by atoms with van der Waals surface area (Å²) in [5.41, 5.74) is 7.82. The summed E-state index contributed by atoms with van der Waals surface area (Å²) in [4.78, 5) is 62.7. The molecule has 0 bridgehead atoms. The molecule has 0 radical (unpaired) electrons. The highest BCUT2D eigenvalue weighted by Gasteiger charge is 2.31. The van der Waals surface area contributed by atoms with Crippen molar-refractivity contribution in [1.82, 2.24) is 16.0 Å². The van der Waals surface area contributed by atoms with Gasteiger partial charge in [-0.1, -0.05) is 91.0 Å². The smallest absolute Gasteiger partial charge is 0.326 e. The molecule has 3 aromatic rings. The predicted molar refractivity (Wildman–Crippen MR) is 154 cm³/mol. The van der Waals surface area contributed by atoms with E-state index in [-0.39, 0.29) is 19.3 Å². The van der Waals surface area contributed by atoms with Crippen molar-refractivity contribution in [2.24, 2.45) is 5.73 Å². The molecule has 0 saturated carbocycles. The number of hydrogen-bond acceptors (Lipinski definition) is 6. The van der Waals surface area contributed by atoms with Crippen LogP contribution in [0.5, 0.6) is 0 Å². The molecular formula is C31H34N4O7. The number of rotatable bonds is 15. The highest BCUT2D eigenvalue weighted by Crippen LogP contribution is 2.09. The lowest BCUT2D eigenvalue weighted by Crippen LogP contribution is -2.58. The second-order valence-electron chi connectivity index (χ2n) is 9.80. The number of amides is 3. The molecule has 0 aliphatic heterocycles. The number of aliphatic carboxylic acids is 2. The molecule has 11 heteroatoms. The van der Waals surface area contributed by atoms with E-state index in [1.165, 1.54) is 0 Å². The second kappa shape index (κ2) is 15.7. The maximum atomic E-state index is 13.6. The van der Waals surface area contributed by atoms with E-state index in [4.69, 9.17) is 10.8 Å². The predicted octanol–water partition coefficient (Wildman–Crippen LogP) is 1.06. The molecule has 3 aromatic carbocycles. The average molecular weight is 575 g/mol. The molecule has 0 saturated heterocycles. The van der Waals surface area contributed by atoms with E-state index in [0.29, 0.717) is 16.7 Å². The fourth-order valence-electron chi connectivity index (χ4n) is 4.27. The Morgan fingerprint density at radius 2 is 0.881 bits per heavy atom. The summed E-state index contributed by atoms with van der Waals surface area (Å²) in [7, 11) is 0. The maximum Gasteiger partial charge on any atom is 0.326 e. The standard InChI is InChI=1S/C31H34N4O7/c32-23(19-27(36)37)28(38)33-24(16-20-10-4-1-5-11-20)29(39)34-25(17-21-12-6-2-7-13-21)30(40)35-26(31(41)42)18-22-14-8-3-9-15-22/h1-15,23-26H,16-19,32H2,(H,33,38)(H,34,39)(H,35,40)(H,36,37)(H,41,42). The van der Waals surface area contributed by atoms with Crippen LogP contribution in [0, 0.1) is 0 Å². The summed E-state index contributed by atoms with van der Waals surface area (Å²) < 4.78 is 0. The van der Waals surface area contributed by atoms with Gasteiger partial charge in [0.1, 0.15) is 18.1 Å². The van der Waals surface area contributed by atoms with Crippen LogP contribution in [0.4, 0.5) is 0 Å². The van der Waals surface area contributed by atoms with Gasteiger partial charge >= 0.3 is 11.9 Å². The molecule has 4 atom stereocenters. The lowest BCUT2D eigenvalue weighted by molar-refractivity contribution is -0.142. The average Bonchev–Trinajstić information content (AvgIpc) is 2.97. The molecule has 0 aromatic heterocycles. The number of nitrogens with one attached hydrogen (secondary N) is 3. The molecule has 3 rings (SSSR count). The van der Waals surface area contributed by atoms with Gasteiger partial charge in [-0.05, 0) is 16.7 Å². The van der Waals surface area contributed by atoms with Crippen molar-refractivity contribution in [2.75, 3.05) is 0 Å². The second-order valence-corrected chi connectivity index (χ2v) is 9.80. The minimum Gasteiger partial charge on any atom is -0.481 e. The first kappa shape index (κ1) is 31.5. The summed E-state index contributed by atoms with van der Waals surface area (Å²) in [6.07, 6.45) is -0.533. The van der Waals surface area contributed by atoms with Crippen molar-refractivity contribution in [1.29, 1.82) is 0 Å². The molecule has 4 unspecified atom stereocenters. The Bertz CT molecular complexity index is 1350. The van der Waals surface area contributed by atoms with E-state index < -0.39 is 60.2 Å². The van der Waals surface area contributed by atoms with Gasteiger partial charge in [-0.25, -0.2) is 4.79 Å². The Labute approximate surface area is 243 Å². The van der Waals surface area contributed by atoms with E-state index in [1.54, 1.807) is 91.0 Å². The maximum absolute atomic E-state index is 13.6. The van der Waals surface area contributed by atoms with Gasteiger partial charge in [-0.3, -0.25) is 19.2 Å². The fraction of sp³-hybridized carbons (Fsp3) is 0.258. The first-order valence-electron chi connectivity index (χ1n) is 13.4. The fourth-order valence-corrected chi connectivity index (χ4v) is 4.27. The number of benzene rings is 3. The molecule has 0 fully saturated rings. The number of carbonyl (C=O) groups is 5. The van der Waals surface area contributed by atoms with Crippen LogP contribution < -0.4 is 21.7 Å².